The molecule has 2 atom stereocenters. The molecule has 4 rings (SSSR count). The molecule has 1 N–H and O–H groups in total. The molecule has 1 aliphatic rings. The van der Waals surface area contributed by atoms with Crippen LogP contribution in [-0.4, -0.2) is 28.9 Å². The van der Waals surface area contributed by atoms with Gasteiger partial charge in [0.1, 0.15) is 5.82 Å². The Kier molecular flexibility index (Phi) is 6.73. The van der Waals surface area contributed by atoms with E-state index >= 15 is 0 Å². The van der Waals surface area contributed by atoms with E-state index in [9.17, 15) is 9.18 Å². The van der Waals surface area contributed by atoms with Gasteiger partial charge in [-0.1, -0.05) is 36.4 Å². The normalized spacial score (nSPS) is 17.8. The first-order chi connectivity index (χ1) is 15.1. The Labute approximate surface area is 183 Å². The van der Waals surface area contributed by atoms with E-state index in [-0.39, 0.29) is 23.7 Å². The van der Waals surface area contributed by atoms with Crippen molar-refractivity contribution in [1.29, 1.82) is 0 Å². The van der Waals surface area contributed by atoms with Crippen molar-refractivity contribution in [2.45, 2.75) is 32.4 Å². The van der Waals surface area contributed by atoms with Gasteiger partial charge in [-0.3, -0.25) is 14.7 Å². The number of hydrogen-bond acceptors (Lipinski definition) is 3. The smallest absolute Gasteiger partial charge is 0.252 e. The molecule has 0 radical (unpaired) electrons. The fourth-order valence-corrected chi connectivity index (χ4v) is 4.44. The highest BCUT2D eigenvalue weighted by molar-refractivity contribution is 5.95. The van der Waals surface area contributed by atoms with Crippen LogP contribution in [0.15, 0.2) is 72.9 Å². The van der Waals surface area contributed by atoms with Crippen LogP contribution in [0.3, 0.4) is 0 Å². The second kappa shape index (κ2) is 9.84. The van der Waals surface area contributed by atoms with Gasteiger partial charge >= 0.3 is 0 Å². The number of benzene rings is 2. The third-order valence-electron chi connectivity index (χ3n) is 5.99. The van der Waals surface area contributed by atoms with Crippen molar-refractivity contribution in [2.24, 2.45) is 5.92 Å². The van der Waals surface area contributed by atoms with Crippen LogP contribution in [0.4, 0.5) is 4.39 Å². The van der Waals surface area contributed by atoms with E-state index in [0.29, 0.717) is 12.1 Å². The van der Waals surface area contributed by atoms with Gasteiger partial charge in [-0.05, 0) is 73.7 Å². The predicted molar refractivity (Wildman–Crippen MR) is 120 cm³/mol. The summed E-state index contributed by atoms with van der Waals surface area (Å²) in [4.78, 5) is 20.0. The van der Waals surface area contributed by atoms with Crippen LogP contribution in [-0.2, 0) is 6.54 Å². The lowest BCUT2D eigenvalue weighted by atomic mass is 9.88. The van der Waals surface area contributed by atoms with Gasteiger partial charge in [0.15, 0.2) is 0 Å². The van der Waals surface area contributed by atoms with Crippen LogP contribution in [0.5, 0.6) is 0 Å². The summed E-state index contributed by atoms with van der Waals surface area (Å²) in [6, 6.07) is 20.1. The molecule has 160 valence electrons. The van der Waals surface area contributed by atoms with E-state index in [0.717, 1.165) is 42.8 Å². The lowest BCUT2D eigenvalue weighted by Gasteiger charge is -2.37. The van der Waals surface area contributed by atoms with Gasteiger partial charge in [0.05, 0.1) is 11.7 Å². The minimum absolute atomic E-state index is 0.0731. The zero-order chi connectivity index (χ0) is 21.6. The molecule has 0 bridgehead atoms. The van der Waals surface area contributed by atoms with Crippen molar-refractivity contribution < 1.29 is 9.18 Å². The van der Waals surface area contributed by atoms with Crippen LogP contribution in [0.25, 0.3) is 0 Å². The maximum atomic E-state index is 13.6. The van der Waals surface area contributed by atoms with E-state index < -0.39 is 0 Å². The molecule has 0 aliphatic carbocycles. The topological polar surface area (TPSA) is 45.2 Å². The molecular weight excluding hydrogens is 389 g/mol. The van der Waals surface area contributed by atoms with Crippen LogP contribution in [0.2, 0.25) is 0 Å². The summed E-state index contributed by atoms with van der Waals surface area (Å²) in [6.45, 7) is 4.44. The van der Waals surface area contributed by atoms with Gasteiger partial charge in [-0.15, -0.1) is 0 Å². The van der Waals surface area contributed by atoms with Gasteiger partial charge in [0, 0.05) is 24.8 Å². The summed E-state index contributed by atoms with van der Waals surface area (Å²) in [5.41, 5.74) is 3.49. The van der Waals surface area contributed by atoms with Gasteiger partial charge in [-0.25, -0.2) is 4.39 Å². The lowest BCUT2D eigenvalue weighted by Crippen LogP contribution is -2.43. The predicted octanol–water partition coefficient (Wildman–Crippen LogP) is 4.91. The fraction of sp³-hybridized carbons (Fsp3) is 0.308. The molecule has 5 heteroatoms. The first kappa shape index (κ1) is 21.2. The standard InChI is InChI=1S/C26H28FN3O/c1-19-8-2-3-12-23(19)26(31)29-25(24-13-4-5-14-28-24)21-10-7-15-30(18-21)17-20-9-6-11-22(27)16-20/h2-6,8-9,11-14,16,21,25H,7,10,15,17-18H2,1H3,(H,29,31)/t21-,25-/m0/s1. The molecule has 3 aromatic rings. The molecule has 31 heavy (non-hydrogen) atoms. The number of amides is 1. The summed E-state index contributed by atoms with van der Waals surface area (Å²) in [7, 11) is 0. The highest BCUT2D eigenvalue weighted by atomic mass is 19.1. The summed E-state index contributed by atoms with van der Waals surface area (Å²) < 4.78 is 13.6. The van der Waals surface area contributed by atoms with E-state index in [2.05, 4.69) is 15.2 Å². The maximum Gasteiger partial charge on any atom is 0.252 e. The summed E-state index contributed by atoms with van der Waals surface area (Å²) in [5, 5.41) is 3.27. The van der Waals surface area contributed by atoms with E-state index in [1.54, 1.807) is 18.3 Å². The molecule has 0 unspecified atom stereocenters. The number of nitrogens with one attached hydrogen (secondary N) is 1. The molecule has 1 amide bonds. The number of rotatable bonds is 6. The number of piperidine rings is 1. The Balaban J connectivity index is 1.53. The number of aryl methyl sites for hydroxylation is 1. The second-order valence-corrected chi connectivity index (χ2v) is 8.29. The largest absolute Gasteiger partial charge is 0.343 e. The third kappa shape index (κ3) is 5.36. The molecule has 2 aromatic carbocycles. The highest BCUT2D eigenvalue weighted by Gasteiger charge is 2.31. The first-order valence-electron chi connectivity index (χ1n) is 10.8. The van der Waals surface area contributed by atoms with Crippen molar-refractivity contribution in [3.8, 4) is 0 Å². The average molecular weight is 418 g/mol. The zero-order valence-electron chi connectivity index (χ0n) is 17.8. The molecule has 1 aromatic heterocycles. The molecule has 0 saturated carbocycles. The summed E-state index contributed by atoms with van der Waals surface area (Å²) >= 11 is 0. The van der Waals surface area contributed by atoms with Crippen molar-refractivity contribution >= 4 is 5.91 Å². The molecule has 4 nitrogen and oxygen atoms in total. The fourth-order valence-electron chi connectivity index (χ4n) is 4.44. The van der Waals surface area contributed by atoms with Crippen molar-refractivity contribution in [2.75, 3.05) is 13.1 Å². The number of aromatic nitrogens is 1. The molecule has 0 spiro atoms. The van der Waals surface area contributed by atoms with Gasteiger partial charge in [0.25, 0.3) is 5.91 Å². The summed E-state index contributed by atoms with van der Waals surface area (Å²) in [5.74, 6) is -0.0518. The molecule has 1 aliphatic heterocycles. The van der Waals surface area contributed by atoms with Crippen molar-refractivity contribution in [3.63, 3.8) is 0 Å². The zero-order valence-corrected chi connectivity index (χ0v) is 17.8. The minimum Gasteiger partial charge on any atom is -0.343 e. The van der Waals surface area contributed by atoms with E-state index in [1.807, 2.05) is 55.5 Å². The van der Waals surface area contributed by atoms with Crippen molar-refractivity contribution in [1.82, 2.24) is 15.2 Å². The van der Waals surface area contributed by atoms with Crippen LogP contribution >= 0.6 is 0 Å². The molecular formula is C26H28FN3O. The number of carbonyl (C=O) groups is 1. The Morgan fingerprint density at radius 1 is 1.16 bits per heavy atom. The SMILES string of the molecule is Cc1ccccc1C(=O)N[C@H](c1ccccn1)[C@H]1CCCN(Cc2cccc(F)c2)C1. The molecule has 1 saturated heterocycles. The van der Waals surface area contributed by atoms with Crippen LogP contribution < -0.4 is 5.32 Å². The maximum absolute atomic E-state index is 13.6. The monoisotopic (exact) mass is 417 g/mol. The Morgan fingerprint density at radius 3 is 2.77 bits per heavy atom. The number of carbonyl (C=O) groups excluding carboxylic acids is 1. The summed E-state index contributed by atoms with van der Waals surface area (Å²) in [6.07, 6.45) is 3.81. The third-order valence-corrected chi connectivity index (χ3v) is 5.99. The molecule has 2 heterocycles. The van der Waals surface area contributed by atoms with E-state index in [4.69, 9.17) is 0 Å². The van der Waals surface area contributed by atoms with Gasteiger partial charge in [-0.2, -0.15) is 0 Å². The minimum atomic E-state index is -0.206. The Hall–Kier alpha value is -3.05. The van der Waals surface area contributed by atoms with E-state index in [1.165, 1.54) is 6.07 Å². The van der Waals surface area contributed by atoms with Gasteiger partial charge in [0.2, 0.25) is 0 Å². The van der Waals surface area contributed by atoms with Crippen LogP contribution in [0, 0.1) is 18.7 Å². The number of hydrogen-bond donors (Lipinski definition) is 1. The Morgan fingerprint density at radius 2 is 2.00 bits per heavy atom. The average Bonchev–Trinajstić information content (AvgIpc) is 2.78. The number of pyridine rings is 1. The number of nitrogens with zero attached hydrogens (tertiary/aromatic N) is 2. The highest BCUT2D eigenvalue weighted by Crippen LogP contribution is 2.30. The van der Waals surface area contributed by atoms with Crippen LogP contribution in [0.1, 0.15) is 46.1 Å². The number of halogens is 1. The quantitative estimate of drug-likeness (QED) is 0.620. The van der Waals surface area contributed by atoms with Gasteiger partial charge < -0.3 is 5.32 Å². The molecule has 1 fully saturated rings. The Bertz CT molecular complexity index is 1020. The first-order valence-corrected chi connectivity index (χ1v) is 10.8. The second-order valence-electron chi connectivity index (χ2n) is 8.29. The lowest BCUT2D eigenvalue weighted by molar-refractivity contribution is 0.0874. The number of likely N-dealkylation sites (tertiary alicyclic amines) is 1. The van der Waals surface area contributed by atoms with Crippen molar-refractivity contribution in [3.05, 3.63) is 101 Å².